The van der Waals surface area contributed by atoms with Crippen molar-refractivity contribution in [2.75, 3.05) is 20.8 Å². The van der Waals surface area contributed by atoms with Crippen LogP contribution in [0.4, 0.5) is 4.39 Å². The molecule has 0 saturated heterocycles. The first-order chi connectivity index (χ1) is 13.9. The average molecular weight is 420 g/mol. The molecule has 3 rings (SSSR count). The molecule has 7 nitrogen and oxygen atoms in total. The van der Waals surface area contributed by atoms with Crippen molar-refractivity contribution in [3.63, 3.8) is 0 Å². The quantitative estimate of drug-likeness (QED) is 0.527. The largest absolute Gasteiger partial charge is 0.493 e. The summed E-state index contributed by atoms with van der Waals surface area (Å²) in [5.74, 6) is -1.17. The summed E-state index contributed by atoms with van der Waals surface area (Å²) in [6.45, 7) is -0.343. The molecule has 150 valence electrons. The van der Waals surface area contributed by atoms with Gasteiger partial charge in [-0.05, 0) is 48.0 Å². The number of esters is 2. The summed E-state index contributed by atoms with van der Waals surface area (Å²) in [7, 11) is 2.64. The van der Waals surface area contributed by atoms with Gasteiger partial charge in [-0.2, -0.15) is 0 Å². The van der Waals surface area contributed by atoms with Crippen LogP contribution in [0.1, 0.15) is 11.1 Å². The van der Waals surface area contributed by atoms with Gasteiger partial charge in [0.15, 0.2) is 23.8 Å². The summed E-state index contributed by atoms with van der Waals surface area (Å²) < 4.78 is 33.3. The monoisotopic (exact) mass is 419 g/mol. The number of benzene rings is 2. The number of halogens is 2. The number of rotatable bonds is 6. The highest BCUT2D eigenvalue weighted by Gasteiger charge is 2.24. The topological polar surface area (TPSA) is 83.4 Å². The van der Waals surface area contributed by atoms with Gasteiger partial charge in [-0.1, -0.05) is 11.6 Å². The molecule has 9 heteroatoms. The number of cyclic esters (lactones) is 1. The van der Waals surface area contributed by atoms with Crippen LogP contribution in [-0.2, 0) is 19.1 Å². The van der Waals surface area contributed by atoms with Gasteiger partial charge in [-0.15, -0.1) is 0 Å². The molecule has 0 fully saturated rings. The van der Waals surface area contributed by atoms with Crippen LogP contribution >= 0.6 is 11.6 Å². The Labute approximate surface area is 170 Å². The van der Waals surface area contributed by atoms with Crippen molar-refractivity contribution in [2.24, 2.45) is 4.99 Å². The van der Waals surface area contributed by atoms with Crippen LogP contribution in [0, 0.1) is 5.82 Å². The minimum absolute atomic E-state index is 0.0330. The summed E-state index contributed by atoms with van der Waals surface area (Å²) in [6.07, 6.45) is 1.46. The number of aliphatic imine (C=N–C) groups is 1. The molecule has 0 spiro atoms. The fourth-order valence-corrected chi connectivity index (χ4v) is 2.71. The number of carbonyl (C=O) groups is 2. The molecule has 0 amide bonds. The summed E-state index contributed by atoms with van der Waals surface area (Å²) in [5, 5.41) is 0.161. The lowest BCUT2D eigenvalue weighted by molar-refractivity contribution is -0.143. The normalized spacial score (nSPS) is 14.4. The second kappa shape index (κ2) is 8.74. The van der Waals surface area contributed by atoms with E-state index in [-0.39, 0.29) is 34.7 Å². The van der Waals surface area contributed by atoms with Crippen LogP contribution < -0.4 is 9.47 Å². The minimum Gasteiger partial charge on any atom is -0.493 e. The molecule has 0 aliphatic carbocycles. The Hall–Kier alpha value is -3.39. The van der Waals surface area contributed by atoms with Gasteiger partial charge in [0.1, 0.15) is 5.82 Å². The van der Waals surface area contributed by atoms with E-state index in [1.54, 1.807) is 6.07 Å². The van der Waals surface area contributed by atoms with E-state index in [1.807, 2.05) is 0 Å². The Morgan fingerprint density at radius 1 is 1.24 bits per heavy atom. The van der Waals surface area contributed by atoms with Gasteiger partial charge < -0.3 is 18.9 Å². The lowest BCUT2D eigenvalue weighted by Crippen LogP contribution is -2.13. The van der Waals surface area contributed by atoms with E-state index >= 15 is 0 Å². The third-order valence-electron chi connectivity index (χ3n) is 3.83. The van der Waals surface area contributed by atoms with Crippen LogP contribution in [-0.4, -0.2) is 38.7 Å². The maximum absolute atomic E-state index is 13.1. The Bertz CT molecular complexity index is 1020. The highest BCUT2D eigenvalue weighted by Crippen LogP contribution is 2.37. The Balaban J connectivity index is 1.89. The summed E-state index contributed by atoms with van der Waals surface area (Å²) in [5.41, 5.74) is 0.990. The standard InChI is InChI=1S/C20H15ClFNO6/c1-26-16-9-11(7-14(21)18(16)28-10-17(24)27-2)8-15-20(25)29-19(23-15)12-3-5-13(22)6-4-12/h3-9H,10H2,1-2H3/b15-8-. The first-order valence-electron chi connectivity index (χ1n) is 8.27. The predicted molar refractivity (Wildman–Crippen MR) is 103 cm³/mol. The highest BCUT2D eigenvalue weighted by atomic mass is 35.5. The van der Waals surface area contributed by atoms with E-state index in [4.69, 9.17) is 25.8 Å². The van der Waals surface area contributed by atoms with Gasteiger partial charge in [0.05, 0.1) is 19.2 Å². The molecular weight excluding hydrogens is 405 g/mol. The van der Waals surface area contributed by atoms with E-state index in [9.17, 15) is 14.0 Å². The van der Waals surface area contributed by atoms with Crippen molar-refractivity contribution in [2.45, 2.75) is 0 Å². The molecule has 29 heavy (non-hydrogen) atoms. The van der Waals surface area contributed by atoms with Gasteiger partial charge in [0.25, 0.3) is 0 Å². The molecule has 1 heterocycles. The Kier molecular flexibility index (Phi) is 6.13. The van der Waals surface area contributed by atoms with Crippen molar-refractivity contribution in [1.82, 2.24) is 0 Å². The van der Waals surface area contributed by atoms with Crippen LogP contribution in [0.2, 0.25) is 5.02 Å². The maximum atomic E-state index is 13.1. The average Bonchev–Trinajstić information content (AvgIpc) is 3.07. The Morgan fingerprint density at radius 3 is 2.62 bits per heavy atom. The van der Waals surface area contributed by atoms with Gasteiger partial charge in [-0.3, -0.25) is 0 Å². The molecule has 0 bridgehead atoms. The second-order valence-corrected chi connectivity index (χ2v) is 6.15. The summed E-state index contributed by atoms with van der Waals surface area (Å²) >= 11 is 6.23. The molecule has 0 saturated carbocycles. The molecule has 1 aliphatic rings. The van der Waals surface area contributed by atoms with E-state index < -0.39 is 17.8 Å². The third-order valence-corrected chi connectivity index (χ3v) is 4.11. The minimum atomic E-state index is -0.662. The van der Waals surface area contributed by atoms with E-state index in [1.165, 1.54) is 50.6 Å². The highest BCUT2D eigenvalue weighted by molar-refractivity contribution is 6.32. The molecule has 0 radical (unpaired) electrons. The lowest BCUT2D eigenvalue weighted by atomic mass is 10.1. The molecule has 0 unspecified atom stereocenters. The van der Waals surface area contributed by atoms with Crippen molar-refractivity contribution in [3.8, 4) is 11.5 Å². The second-order valence-electron chi connectivity index (χ2n) is 5.74. The predicted octanol–water partition coefficient (Wildman–Crippen LogP) is 3.38. The van der Waals surface area contributed by atoms with Crippen molar-refractivity contribution < 1.29 is 32.9 Å². The Morgan fingerprint density at radius 2 is 1.97 bits per heavy atom. The molecule has 0 aromatic heterocycles. The molecular formula is C20H15ClFNO6. The summed E-state index contributed by atoms with van der Waals surface area (Å²) in [4.78, 5) is 27.5. The van der Waals surface area contributed by atoms with Gasteiger partial charge >= 0.3 is 11.9 Å². The van der Waals surface area contributed by atoms with E-state index in [0.717, 1.165) is 0 Å². The summed E-state index contributed by atoms with van der Waals surface area (Å²) in [6, 6.07) is 8.47. The van der Waals surface area contributed by atoms with Crippen LogP contribution in [0.25, 0.3) is 6.08 Å². The lowest BCUT2D eigenvalue weighted by Gasteiger charge is -2.12. The molecule has 2 aromatic rings. The van der Waals surface area contributed by atoms with Crippen LogP contribution in [0.3, 0.4) is 0 Å². The fourth-order valence-electron chi connectivity index (χ4n) is 2.44. The number of hydrogen-bond donors (Lipinski definition) is 0. The smallest absolute Gasteiger partial charge is 0.363 e. The van der Waals surface area contributed by atoms with Crippen molar-refractivity contribution in [3.05, 3.63) is 64.1 Å². The molecule has 0 atom stereocenters. The first-order valence-corrected chi connectivity index (χ1v) is 8.64. The number of carbonyl (C=O) groups excluding carboxylic acids is 2. The maximum Gasteiger partial charge on any atom is 0.363 e. The zero-order valence-electron chi connectivity index (χ0n) is 15.4. The number of ether oxygens (including phenoxy) is 4. The first kappa shape index (κ1) is 20.3. The molecule has 1 aliphatic heterocycles. The molecule has 0 N–H and O–H groups in total. The molecule has 2 aromatic carbocycles. The SMILES string of the molecule is COC(=O)COc1c(Cl)cc(/C=C2\N=C(c3ccc(F)cc3)OC2=O)cc1OC. The zero-order valence-corrected chi connectivity index (χ0v) is 16.2. The third kappa shape index (κ3) is 4.72. The van der Waals surface area contributed by atoms with Gasteiger partial charge in [-0.25, -0.2) is 19.0 Å². The van der Waals surface area contributed by atoms with Gasteiger partial charge in [0.2, 0.25) is 5.90 Å². The van der Waals surface area contributed by atoms with E-state index in [2.05, 4.69) is 9.73 Å². The van der Waals surface area contributed by atoms with Crippen LogP contribution in [0.5, 0.6) is 11.5 Å². The fraction of sp³-hybridized carbons (Fsp3) is 0.150. The van der Waals surface area contributed by atoms with Crippen LogP contribution in [0.15, 0.2) is 47.1 Å². The number of nitrogens with zero attached hydrogens (tertiary/aromatic N) is 1. The van der Waals surface area contributed by atoms with Crippen molar-refractivity contribution in [1.29, 1.82) is 0 Å². The van der Waals surface area contributed by atoms with E-state index in [0.29, 0.717) is 11.1 Å². The number of methoxy groups -OCH3 is 2. The van der Waals surface area contributed by atoms with Crippen molar-refractivity contribution >= 4 is 35.5 Å². The van der Waals surface area contributed by atoms with Gasteiger partial charge in [0, 0.05) is 5.56 Å². The number of hydrogen-bond acceptors (Lipinski definition) is 7. The zero-order chi connectivity index (χ0) is 21.0.